The summed E-state index contributed by atoms with van der Waals surface area (Å²) in [5.74, 6) is 2.09. The fourth-order valence-electron chi connectivity index (χ4n) is 4.06. The standard InChI is InChI=1S/C21H28N4O4/c1-22-19(14-25(11-12-26)21(27)28)16-6-9-24(10-7-16)20-18-13-17(29-2)4-3-15(18)5-8-23-20/h3-5,8,12-13,16,19,22H,6-7,9-11,14H2,1-2H3,(H,27,28). The third kappa shape index (κ3) is 4.76. The summed E-state index contributed by atoms with van der Waals surface area (Å²) in [5.41, 5.74) is 0. The SMILES string of the molecule is CNC(CN(CC=O)C(=O)O)C1CCN(c2nccc3ccc(OC)cc23)CC1. The quantitative estimate of drug-likeness (QED) is 0.656. The van der Waals surface area contributed by atoms with Crippen LogP contribution in [0.5, 0.6) is 5.75 Å². The molecule has 2 heterocycles. The van der Waals surface area contributed by atoms with Crippen LogP contribution in [-0.2, 0) is 4.79 Å². The molecule has 156 valence electrons. The van der Waals surface area contributed by atoms with Crippen LogP contribution in [0.15, 0.2) is 30.5 Å². The van der Waals surface area contributed by atoms with Gasteiger partial charge in [0.05, 0.1) is 13.7 Å². The van der Waals surface area contributed by atoms with Gasteiger partial charge in [-0.25, -0.2) is 9.78 Å². The molecule has 1 aromatic heterocycles. The van der Waals surface area contributed by atoms with Gasteiger partial charge < -0.3 is 24.9 Å². The van der Waals surface area contributed by atoms with E-state index in [1.807, 2.05) is 37.5 Å². The number of nitrogens with zero attached hydrogens (tertiary/aromatic N) is 3. The number of benzene rings is 1. The molecule has 0 bridgehead atoms. The highest BCUT2D eigenvalue weighted by Crippen LogP contribution is 2.31. The molecule has 1 aliphatic heterocycles. The molecule has 1 atom stereocenters. The van der Waals surface area contributed by atoms with Crippen molar-refractivity contribution in [3.8, 4) is 5.75 Å². The maximum Gasteiger partial charge on any atom is 0.407 e. The number of anilines is 1. The van der Waals surface area contributed by atoms with Crippen LogP contribution >= 0.6 is 0 Å². The highest BCUT2D eigenvalue weighted by Gasteiger charge is 2.29. The lowest BCUT2D eigenvalue weighted by atomic mass is 9.89. The molecule has 3 rings (SSSR count). The van der Waals surface area contributed by atoms with Crippen molar-refractivity contribution in [2.24, 2.45) is 5.92 Å². The number of rotatable bonds is 8. The Hall–Kier alpha value is -2.87. The van der Waals surface area contributed by atoms with Crippen LogP contribution in [0.2, 0.25) is 0 Å². The summed E-state index contributed by atoms with van der Waals surface area (Å²) in [6, 6.07) is 8.01. The van der Waals surface area contributed by atoms with E-state index in [4.69, 9.17) is 4.74 Å². The lowest BCUT2D eigenvalue weighted by Gasteiger charge is -2.38. The van der Waals surface area contributed by atoms with Crippen LogP contribution in [-0.4, -0.2) is 73.7 Å². The van der Waals surface area contributed by atoms with E-state index < -0.39 is 6.09 Å². The number of ether oxygens (including phenoxy) is 1. The van der Waals surface area contributed by atoms with Crippen molar-refractivity contribution in [1.82, 2.24) is 15.2 Å². The number of nitrogens with one attached hydrogen (secondary N) is 1. The first kappa shape index (κ1) is 20.9. The average Bonchev–Trinajstić information content (AvgIpc) is 2.76. The molecule has 1 amide bonds. The van der Waals surface area contributed by atoms with Crippen LogP contribution in [0.1, 0.15) is 12.8 Å². The second kappa shape index (κ2) is 9.56. The number of carboxylic acid groups (broad SMARTS) is 1. The lowest BCUT2D eigenvalue weighted by molar-refractivity contribution is -0.108. The van der Waals surface area contributed by atoms with Gasteiger partial charge in [-0.1, -0.05) is 6.07 Å². The van der Waals surface area contributed by atoms with Gasteiger partial charge in [-0.3, -0.25) is 4.90 Å². The Balaban J connectivity index is 1.70. The van der Waals surface area contributed by atoms with Gasteiger partial charge in [-0.15, -0.1) is 0 Å². The van der Waals surface area contributed by atoms with Crippen molar-refractivity contribution in [3.63, 3.8) is 0 Å². The van der Waals surface area contributed by atoms with Crippen LogP contribution in [0, 0.1) is 5.92 Å². The molecule has 1 saturated heterocycles. The predicted molar refractivity (Wildman–Crippen MR) is 112 cm³/mol. The number of aldehydes is 1. The summed E-state index contributed by atoms with van der Waals surface area (Å²) < 4.78 is 5.37. The molecule has 2 aromatic rings. The summed E-state index contributed by atoms with van der Waals surface area (Å²) in [6.45, 7) is 1.88. The number of carbonyl (C=O) groups excluding carboxylic acids is 1. The molecule has 1 aromatic carbocycles. The number of fused-ring (bicyclic) bond motifs is 1. The van der Waals surface area contributed by atoms with Crippen LogP contribution < -0.4 is 15.0 Å². The summed E-state index contributed by atoms with van der Waals surface area (Å²) in [5, 5.41) is 14.7. The Kier molecular flexibility index (Phi) is 6.87. The van der Waals surface area contributed by atoms with Crippen LogP contribution in [0.3, 0.4) is 0 Å². The van der Waals surface area contributed by atoms with E-state index in [-0.39, 0.29) is 12.6 Å². The maximum absolute atomic E-state index is 11.3. The molecule has 0 radical (unpaired) electrons. The van der Waals surface area contributed by atoms with Crippen molar-refractivity contribution in [2.45, 2.75) is 18.9 Å². The summed E-state index contributed by atoms with van der Waals surface area (Å²) in [4.78, 5) is 30.2. The Labute approximate surface area is 170 Å². The van der Waals surface area contributed by atoms with Gasteiger partial charge in [-0.05, 0) is 49.4 Å². The first-order valence-electron chi connectivity index (χ1n) is 9.83. The highest BCUT2D eigenvalue weighted by molar-refractivity contribution is 5.93. The Morgan fingerprint density at radius 1 is 1.41 bits per heavy atom. The zero-order valence-corrected chi connectivity index (χ0v) is 16.9. The third-order valence-electron chi connectivity index (χ3n) is 5.71. The first-order chi connectivity index (χ1) is 14.1. The zero-order chi connectivity index (χ0) is 20.8. The number of likely N-dealkylation sites (N-methyl/N-ethyl adjacent to an activating group) is 1. The number of amides is 1. The van der Waals surface area contributed by atoms with E-state index in [9.17, 15) is 14.7 Å². The van der Waals surface area contributed by atoms with Gasteiger partial charge in [0.25, 0.3) is 0 Å². The van der Waals surface area contributed by atoms with Crippen molar-refractivity contribution in [1.29, 1.82) is 0 Å². The number of aromatic nitrogens is 1. The number of hydrogen-bond acceptors (Lipinski definition) is 6. The molecule has 1 fully saturated rings. The van der Waals surface area contributed by atoms with E-state index in [1.54, 1.807) is 7.11 Å². The second-order valence-electron chi connectivity index (χ2n) is 7.30. The second-order valence-corrected chi connectivity index (χ2v) is 7.30. The first-order valence-corrected chi connectivity index (χ1v) is 9.83. The summed E-state index contributed by atoms with van der Waals surface area (Å²) in [7, 11) is 3.50. The Bertz CT molecular complexity index is 852. The van der Waals surface area contributed by atoms with Crippen molar-refractivity contribution >= 4 is 29.0 Å². The fourth-order valence-corrected chi connectivity index (χ4v) is 4.06. The number of hydrogen-bond donors (Lipinski definition) is 2. The maximum atomic E-state index is 11.3. The molecule has 8 nitrogen and oxygen atoms in total. The van der Waals surface area contributed by atoms with Gasteiger partial charge in [0.1, 0.15) is 17.9 Å². The van der Waals surface area contributed by atoms with Crippen LogP contribution in [0.4, 0.5) is 10.6 Å². The topological polar surface area (TPSA) is 95.0 Å². The summed E-state index contributed by atoms with van der Waals surface area (Å²) in [6.07, 6.45) is 3.23. The van der Waals surface area contributed by atoms with E-state index in [2.05, 4.69) is 15.2 Å². The fraction of sp³-hybridized carbons (Fsp3) is 0.476. The van der Waals surface area contributed by atoms with Crippen molar-refractivity contribution < 1.29 is 19.4 Å². The van der Waals surface area contributed by atoms with Gasteiger partial charge in [0.2, 0.25) is 0 Å². The highest BCUT2D eigenvalue weighted by atomic mass is 16.5. The normalized spacial score (nSPS) is 15.9. The Morgan fingerprint density at radius 3 is 2.79 bits per heavy atom. The van der Waals surface area contributed by atoms with Gasteiger partial charge >= 0.3 is 6.09 Å². The number of carbonyl (C=O) groups is 2. The largest absolute Gasteiger partial charge is 0.497 e. The number of methoxy groups -OCH3 is 1. The van der Waals surface area contributed by atoms with Gasteiger partial charge in [0, 0.05) is 37.3 Å². The van der Waals surface area contributed by atoms with Crippen LogP contribution in [0.25, 0.3) is 10.8 Å². The van der Waals surface area contributed by atoms with Gasteiger partial charge in [0.15, 0.2) is 0 Å². The van der Waals surface area contributed by atoms with E-state index >= 15 is 0 Å². The van der Waals surface area contributed by atoms with E-state index in [1.165, 1.54) is 4.90 Å². The average molecular weight is 400 g/mol. The lowest BCUT2D eigenvalue weighted by Crippen LogP contribution is -2.49. The van der Waals surface area contributed by atoms with E-state index in [0.29, 0.717) is 18.7 Å². The molecule has 1 unspecified atom stereocenters. The summed E-state index contributed by atoms with van der Waals surface area (Å²) >= 11 is 0. The third-order valence-corrected chi connectivity index (χ3v) is 5.71. The molecule has 2 N–H and O–H groups in total. The van der Waals surface area contributed by atoms with Crippen molar-refractivity contribution in [2.75, 3.05) is 45.2 Å². The predicted octanol–water partition coefficient (Wildman–Crippen LogP) is 2.23. The smallest absolute Gasteiger partial charge is 0.407 e. The van der Waals surface area contributed by atoms with Gasteiger partial charge in [-0.2, -0.15) is 0 Å². The zero-order valence-electron chi connectivity index (χ0n) is 16.9. The molecular formula is C21H28N4O4. The molecule has 29 heavy (non-hydrogen) atoms. The van der Waals surface area contributed by atoms with Crippen molar-refractivity contribution in [3.05, 3.63) is 30.5 Å². The molecular weight excluding hydrogens is 372 g/mol. The molecule has 1 aliphatic rings. The number of piperidine rings is 1. The number of pyridine rings is 1. The monoisotopic (exact) mass is 400 g/mol. The molecule has 8 heteroatoms. The minimum absolute atomic E-state index is 0.00812. The Morgan fingerprint density at radius 2 is 2.17 bits per heavy atom. The minimum atomic E-state index is -1.07. The minimum Gasteiger partial charge on any atom is -0.497 e. The molecule has 0 aliphatic carbocycles. The molecule has 0 spiro atoms. The molecule has 0 saturated carbocycles. The van der Waals surface area contributed by atoms with E-state index in [0.717, 1.165) is 48.3 Å².